The summed E-state index contributed by atoms with van der Waals surface area (Å²) in [5.41, 5.74) is 3.16. The largest absolute Gasteiger partial charge is 0.339 e. The number of carbonyl (C=O) groups excluding carboxylic acids is 1. The highest BCUT2D eigenvalue weighted by Crippen LogP contribution is 2.03. The molecule has 0 spiro atoms. The third-order valence-electron chi connectivity index (χ3n) is 1.87. The number of benzene rings is 1. The molecule has 86 valence electrons. The summed E-state index contributed by atoms with van der Waals surface area (Å²) < 4.78 is 0. The van der Waals surface area contributed by atoms with E-state index in [9.17, 15) is 4.79 Å². The zero-order valence-electron chi connectivity index (χ0n) is 9.60. The molecule has 1 aromatic rings. The molecule has 4 nitrogen and oxygen atoms in total. The third-order valence-corrected chi connectivity index (χ3v) is 1.87. The second-order valence-corrected chi connectivity index (χ2v) is 3.87. The van der Waals surface area contributed by atoms with E-state index in [2.05, 4.69) is 29.7 Å². The second kappa shape index (κ2) is 6.61. The Balaban J connectivity index is 2.29. The number of anilines is 1. The molecule has 0 saturated carbocycles. The number of nitrogens with zero attached hydrogens (tertiary/aromatic N) is 1. The lowest BCUT2D eigenvalue weighted by Crippen LogP contribution is -2.24. The van der Waals surface area contributed by atoms with Gasteiger partial charge in [-0.05, 0) is 24.5 Å². The van der Waals surface area contributed by atoms with E-state index in [0.29, 0.717) is 5.92 Å². The minimum absolute atomic E-state index is 0.328. The normalized spacial score (nSPS) is 10.7. The highest BCUT2D eigenvalue weighted by atomic mass is 16.2. The van der Waals surface area contributed by atoms with Crippen LogP contribution in [0.4, 0.5) is 10.5 Å². The lowest BCUT2D eigenvalue weighted by Gasteiger charge is -2.03. The molecule has 0 aliphatic rings. The third kappa shape index (κ3) is 5.14. The Morgan fingerprint density at radius 1 is 1.38 bits per heavy atom. The zero-order chi connectivity index (χ0) is 11.8. The molecule has 1 rings (SSSR count). The van der Waals surface area contributed by atoms with Crippen LogP contribution in [0.25, 0.3) is 0 Å². The van der Waals surface area contributed by atoms with Crippen molar-refractivity contribution in [3.8, 4) is 0 Å². The average molecular weight is 219 g/mol. The van der Waals surface area contributed by atoms with E-state index in [0.717, 1.165) is 12.1 Å². The minimum Gasteiger partial charge on any atom is -0.307 e. The number of hydrogen-bond acceptors (Lipinski definition) is 2. The summed E-state index contributed by atoms with van der Waals surface area (Å²) in [7, 11) is 0. The van der Waals surface area contributed by atoms with Crippen LogP contribution in [-0.2, 0) is 0 Å². The van der Waals surface area contributed by atoms with Crippen molar-refractivity contribution in [2.24, 2.45) is 11.0 Å². The van der Waals surface area contributed by atoms with E-state index >= 15 is 0 Å². The quantitative estimate of drug-likeness (QED) is 0.593. The molecule has 0 aromatic heterocycles. The Bertz CT molecular complexity index is 347. The van der Waals surface area contributed by atoms with Gasteiger partial charge in [-0.1, -0.05) is 32.0 Å². The van der Waals surface area contributed by atoms with E-state index in [1.54, 1.807) is 6.21 Å². The number of rotatable bonds is 4. The molecule has 1 aromatic carbocycles. The Morgan fingerprint density at radius 3 is 2.69 bits per heavy atom. The second-order valence-electron chi connectivity index (χ2n) is 3.87. The SMILES string of the molecule is CC(C)C/C=N/NC(=O)Nc1ccccc1. The van der Waals surface area contributed by atoms with Gasteiger partial charge < -0.3 is 5.32 Å². The van der Waals surface area contributed by atoms with E-state index in [1.807, 2.05) is 30.3 Å². The van der Waals surface area contributed by atoms with Crippen LogP contribution >= 0.6 is 0 Å². The van der Waals surface area contributed by atoms with Gasteiger partial charge in [0.2, 0.25) is 0 Å². The van der Waals surface area contributed by atoms with Crippen molar-refractivity contribution < 1.29 is 4.79 Å². The van der Waals surface area contributed by atoms with Crippen molar-refractivity contribution in [1.29, 1.82) is 0 Å². The number of amides is 2. The van der Waals surface area contributed by atoms with Crippen LogP contribution in [0.5, 0.6) is 0 Å². The number of urea groups is 1. The summed E-state index contributed by atoms with van der Waals surface area (Å²) in [6.07, 6.45) is 2.56. The predicted molar refractivity (Wildman–Crippen MR) is 66.5 cm³/mol. The molecular weight excluding hydrogens is 202 g/mol. The monoisotopic (exact) mass is 219 g/mol. The van der Waals surface area contributed by atoms with Gasteiger partial charge in [0.05, 0.1) is 0 Å². The molecule has 0 atom stereocenters. The van der Waals surface area contributed by atoms with Gasteiger partial charge in [-0.25, -0.2) is 10.2 Å². The fourth-order valence-electron chi connectivity index (χ4n) is 1.05. The number of hydrazone groups is 1. The Kier molecular flexibility index (Phi) is 5.05. The van der Waals surface area contributed by atoms with Crippen LogP contribution in [0.15, 0.2) is 35.4 Å². The number of carbonyl (C=O) groups is 1. The van der Waals surface area contributed by atoms with Crippen LogP contribution in [0.3, 0.4) is 0 Å². The van der Waals surface area contributed by atoms with Crippen molar-refractivity contribution in [3.05, 3.63) is 30.3 Å². The number of nitrogens with one attached hydrogen (secondary N) is 2. The Hall–Kier alpha value is -1.84. The van der Waals surface area contributed by atoms with Crippen LogP contribution in [0, 0.1) is 5.92 Å². The molecule has 0 aliphatic heterocycles. The van der Waals surface area contributed by atoms with Crippen LogP contribution < -0.4 is 10.7 Å². The molecule has 4 heteroatoms. The first-order chi connectivity index (χ1) is 7.68. The maximum absolute atomic E-state index is 11.3. The Morgan fingerprint density at radius 2 is 2.06 bits per heavy atom. The molecule has 16 heavy (non-hydrogen) atoms. The molecule has 2 amide bonds. The van der Waals surface area contributed by atoms with Gasteiger partial charge in [0.1, 0.15) is 0 Å². The molecule has 0 radical (unpaired) electrons. The number of hydrogen-bond donors (Lipinski definition) is 2. The molecule has 0 bridgehead atoms. The van der Waals surface area contributed by atoms with Crippen LogP contribution in [0.2, 0.25) is 0 Å². The molecule has 0 unspecified atom stereocenters. The fraction of sp³-hybridized carbons (Fsp3) is 0.333. The maximum Gasteiger partial charge on any atom is 0.339 e. The summed E-state index contributed by atoms with van der Waals surface area (Å²) in [5, 5.41) is 6.49. The highest BCUT2D eigenvalue weighted by molar-refractivity contribution is 5.89. The van der Waals surface area contributed by atoms with Gasteiger partial charge in [-0.2, -0.15) is 5.10 Å². The lowest BCUT2D eigenvalue weighted by molar-refractivity contribution is 0.252. The summed E-state index contributed by atoms with van der Waals surface area (Å²) >= 11 is 0. The van der Waals surface area contributed by atoms with Gasteiger partial charge in [-0.3, -0.25) is 0 Å². The van der Waals surface area contributed by atoms with E-state index < -0.39 is 0 Å². The minimum atomic E-state index is -0.328. The summed E-state index contributed by atoms with van der Waals surface area (Å²) in [6, 6.07) is 8.92. The van der Waals surface area contributed by atoms with E-state index in [4.69, 9.17) is 0 Å². The molecule has 0 saturated heterocycles. The summed E-state index contributed by atoms with van der Waals surface area (Å²) in [4.78, 5) is 11.3. The standard InChI is InChI=1S/C12H17N3O/c1-10(2)8-9-13-15-12(16)14-11-6-4-3-5-7-11/h3-7,9-10H,8H2,1-2H3,(H2,14,15,16)/b13-9+. The molecule has 0 fully saturated rings. The van der Waals surface area contributed by atoms with Gasteiger partial charge >= 0.3 is 6.03 Å². The number of para-hydroxylation sites is 1. The average Bonchev–Trinajstić information content (AvgIpc) is 2.25. The van der Waals surface area contributed by atoms with Crippen molar-refractivity contribution in [2.45, 2.75) is 20.3 Å². The van der Waals surface area contributed by atoms with E-state index in [1.165, 1.54) is 0 Å². The highest BCUT2D eigenvalue weighted by Gasteiger charge is 1.97. The lowest BCUT2D eigenvalue weighted by atomic mass is 10.2. The van der Waals surface area contributed by atoms with Crippen LogP contribution in [-0.4, -0.2) is 12.2 Å². The summed E-state index contributed by atoms with van der Waals surface area (Å²) in [5.74, 6) is 0.544. The molecule has 0 aliphatic carbocycles. The Labute approximate surface area is 95.7 Å². The zero-order valence-corrected chi connectivity index (χ0v) is 9.60. The van der Waals surface area contributed by atoms with Gasteiger partial charge in [0.15, 0.2) is 0 Å². The first-order valence-corrected chi connectivity index (χ1v) is 5.32. The van der Waals surface area contributed by atoms with Crippen molar-refractivity contribution in [1.82, 2.24) is 5.43 Å². The summed E-state index contributed by atoms with van der Waals surface area (Å²) in [6.45, 7) is 4.19. The molecule has 2 N–H and O–H groups in total. The fourth-order valence-corrected chi connectivity index (χ4v) is 1.05. The van der Waals surface area contributed by atoms with E-state index in [-0.39, 0.29) is 6.03 Å². The van der Waals surface area contributed by atoms with Crippen LogP contribution in [0.1, 0.15) is 20.3 Å². The maximum atomic E-state index is 11.3. The van der Waals surface area contributed by atoms with Gasteiger partial charge in [0, 0.05) is 11.9 Å². The smallest absolute Gasteiger partial charge is 0.307 e. The first kappa shape index (κ1) is 12.2. The molecule has 0 heterocycles. The van der Waals surface area contributed by atoms with Gasteiger partial charge in [0.25, 0.3) is 0 Å². The van der Waals surface area contributed by atoms with Crippen molar-refractivity contribution in [2.75, 3.05) is 5.32 Å². The first-order valence-electron chi connectivity index (χ1n) is 5.32. The predicted octanol–water partition coefficient (Wildman–Crippen LogP) is 2.84. The topological polar surface area (TPSA) is 53.5 Å². The van der Waals surface area contributed by atoms with Crippen molar-refractivity contribution >= 4 is 17.9 Å². The molecular formula is C12H17N3O. The van der Waals surface area contributed by atoms with Gasteiger partial charge in [-0.15, -0.1) is 0 Å². The van der Waals surface area contributed by atoms with Crippen molar-refractivity contribution in [3.63, 3.8) is 0 Å².